The molecule has 3 aromatic rings. The number of rotatable bonds is 7. The lowest BCUT2D eigenvalue weighted by Crippen LogP contribution is -2.52. The summed E-state index contributed by atoms with van der Waals surface area (Å²) < 4.78 is 48.3. The van der Waals surface area contributed by atoms with E-state index in [0.29, 0.717) is 24.0 Å². The highest BCUT2D eigenvalue weighted by Crippen LogP contribution is 2.38. The van der Waals surface area contributed by atoms with Crippen LogP contribution in [0.5, 0.6) is 0 Å². The van der Waals surface area contributed by atoms with Crippen molar-refractivity contribution < 1.29 is 22.4 Å². The van der Waals surface area contributed by atoms with Crippen molar-refractivity contribution in [2.24, 2.45) is 5.92 Å². The molecule has 0 aliphatic heterocycles. The second-order valence-electron chi connectivity index (χ2n) is 9.36. The molecule has 5 nitrogen and oxygen atoms in total. The highest BCUT2D eigenvalue weighted by molar-refractivity contribution is 6.05. The predicted molar refractivity (Wildman–Crippen MR) is 119 cm³/mol. The van der Waals surface area contributed by atoms with E-state index >= 15 is 0 Å². The Kier molecular flexibility index (Phi) is 5.87. The molecule has 1 heterocycles. The van der Waals surface area contributed by atoms with Gasteiger partial charge in [0.25, 0.3) is 0 Å². The summed E-state index contributed by atoms with van der Waals surface area (Å²) in [7, 11) is 0. The van der Waals surface area contributed by atoms with E-state index < -0.39 is 29.7 Å². The van der Waals surface area contributed by atoms with Crippen LogP contribution in [-0.2, 0) is 4.79 Å². The smallest absolute Gasteiger partial charge is 0.407 e. The second kappa shape index (κ2) is 8.38. The average molecular weight is 457 g/mol. The zero-order valence-electron chi connectivity index (χ0n) is 18.7. The van der Waals surface area contributed by atoms with Gasteiger partial charge >= 0.3 is 6.18 Å². The van der Waals surface area contributed by atoms with E-state index in [2.05, 4.69) is 10.6 Å². The summed E-state index contributed by atoms with van der Waals surface area (Å²) in [6.45, 7) is 5.61. The lowest BCUT2D eigenvalue weighted by molar-refractivity contribution is -0.161. The second-order valence-corrected chi connectivity index (χ2v) is 9.36. The van der Waals surface area contributed by atoms with Crippen molar-refractivity contribution in [2.45, 2.75) is 63.8 Å². The first-order chi connectivity index (χ1) is 15.5. The van der Waals surface area contributed by atoms with Gasteiger partial charge in [0, 0.05) is 10.8 Å². The molecule has 1 amide bonds. The maximum atomic E-state index is 14.2. The van der Waals surface area contributed by atoms with Gasteiger partial charge in [0.15, 0.2) is 0 Å². The summed E-state index contributed by atoms with van der Waals surface area (Å²) in [4.78, 5) is 12.8. The van der Waals surface area contributed by atoms with Gasteiger partial charge < -0.3 is 9.73 Å². The number of hydrogen-bond acceptors (Lipinski definition) is 4. The molecule has 1 saturated carbocycles. The van der Waals surface area contributed by atoms with Crippen LogP contribution in [0, 0.1) is 24.2 Å². The summed E-state index contributed by atoms with van der Waals surface area (Å²) in [5.41, 5.74) is 1.00. The van der Waals surface area contributed by atoms with Crippen LogP contribution in [0.15, 0.2) is 40.8 Å². The number of amides is 1. The Hall–Kier alpha value is -3.05. The van der Waals surface area contributed by atoms with E-state index in [1.807, 2.05) is 39.0 Å². The van der Waals surface area contributed by atoms with Gasteiger partial charge in [-0.05, 0) is 55.9 Å². The number of nitrogens with one attached hydrogen (secondary N) is 2. The molecule has 174 valence electrons. The van der Waals surface area contributed by atoms with Crippen LogP contribution in [0.4, 0.5) is 13.2 Å². The Labute approximate surface area is 189 Å². The summed E-state index contributed by atoms with van der Waals surface area (Å²) in [5, 5.41) is 16.0. The van der Waals surface area contributed by atoms with Crippen LogP contribution in [0.3, 0.4) is 0 Å². The Balaban J connectivity index is 1.68. The van der Waals surface area contributed by atoms with Gasteiger partial charge in [-0.2, -0.15) is 18.4 Å². The minimum Gasteiger partial charge on any atom is -0.456 e. The van der Waals surface area contributed by atoms with E-state index in [-0.39, 0.29) is 17.9 Å². The fourth-order valence-electron chi connectivity index (χ4n) is 4.10. The quantitative estimate of drug-likeness (QED) is 0.479. The monoisotopic (exact) mass is 457 g/mol. The zero-order valence-corrected chi connectivity index (χ0v) is 18.7. The molecule has 0 bridgehead atoms. The van der Waals surface area contributed by atoms with E-state index in [0.717, 1.165) is 16.3 Å². The molecule has 2 atom stereocenters. The highest BCUT2D eigenvalue weighted by atomic mass is 19.4. The molecule has 2 unspecified atom stereocenters. The van der Waals surface area contributed by atoms with Crippen molar-refractivity contribution in [3.63, 3.8) is 0 Å². The molecule has 0 radical (unpaired) electrons. The summed E-state index contributed by atoms with van der Waals surface area (Å²) >= 11 is 0. The number of alkyl halides is 3. The van der Waals surface area contributed by atoms with Gasteiger partial charge in [0.2, 0.25) is 5.91 Å². The predicted octanol–water partition coefficient (Wildman–Crippen LogP) is 5.67. The Morgan fingerprint density at radius 1 is 1.15 bits per heavy atom. The maximum Gasteiger partial charge on any atom is 0.407 e. The molecule has 2 aromatic carbocycles. The van der Waals surface area contributed by atoms with E-state index in [4.69, 9.17) is 4.42 Å². The minimum absolute atomic E-state index is 0.0273. The largest absolute Gasteiger partial charge is 0.456 e. The first kappa shape index (κ1) is 23.1. The number of carbonyl (C=O) groups excluding carboxylic acids is 1. The van der Waals surface area contributed by atoms with E-state index in [1.165, 1.54) is 12.1 Å². The molecule has 2 N–H and O–H groups in total. The molecule has 1 aliphatic rings. The molecule has 4 rings (SSSR count). The number of aryl methyl sites for hydroxylation is 1. The number of furan rings is 1. The number of hydrogen-bond donors (Lipinski definition) is 2. The maximum absolute atomic E-state index is 14.2. The third kappa shape index (κ3) is 4.83. The first-order valence-corrected chi connectivity index (χ1v) is 11.0. The van der Waals surface area contributed by atoms with Crippen LogP contribution >= 0.6 is 0 Å². The van der Waals surface area contributed by atoms with Gasteiger partial charge in [0.05, 0.1) is 12.1 Å². The van der Waals surface area contributed by atoms with Crippen molar-refractivity contribution in [3.8, 4) is 6.07 Å². The molecular weight excluding hydrogens is 431 g/mol. The number of carbonyl (C=O) groups is 1. The third-order valence-corrected chi connectivity index (χ3v) is 6.03. The Morgan fingerprint density at radius 2 is 1.88 bits per heavy atom. The number of halogens is 3. The lowest BCUT2D eigenvalue weighted by Gasteiger charge is -2.29. The van der Waals surface area contributed by atoms with Crippen LogP contribution in [0.25, 0.3) is 21.9 Å². The summed E-state index contributed by atoms with van der Waals surface area (Å²) in [5.74, 6) is -0.613. The van der Waals surface area contributed by atoms with Gasteiger partial charge in [-0.15, -0.1) is 0 Å². The lowest BCUT2D eigenvalue weighted by atomic mass is 9.98. The van der Waals surface area contributed by atoms with Crippen molar-refractivity contribution in [3.05, 3.63) is 47.5 Å². The molecule has 0 spiro atoms. The van der Waals surface area contributed by atoms with Crippen molar-refractivity contribution in [1.29, 1.82) is 5.26 Å². The standard InChI is InChI=1S/C25H26F3N3O2/c1-14(2)10-19(23(32)31-24(13-29)8-9-24)30-22(25(26,27)28)16-5-6-17-18-11-15(3)4-7-20(18)33-21(17)12-16/h4-7,11-12,14,19,22,30H,8-10H2,1-3H3,(H,31,32). The minimum atomic E-state index is -4.64. The van der Waals surface area contributed by atoms with Gasteiger partial charge in [0.1, 0.15) is 22.7 Å². The SMILES string of the molecule is Cc1ccc2oc3cc(C(NC(CC(C)C)C(=O)NC4(C#N)CC4)C(F)(F)F)ccc3c2c1. The molecule has 0 saturated heterocycles. The molecule has 1 aromatic heterocycles. The number of fused-ring (bicyclic) bond motifs is 3. The van der Waals surface area contributed by atoms with Crippen LogP contribution in [0.2, 0.25) is 0 Å². The van der Waals surface area contributed by atoms with E-state index in [9.17, 15) is 23.2 Å². The Bertz CT molecular complexity index is 1240. The van der Waals surface area contributed by atoms with Crippen LogP contribution in [0.1, 0.15) is 50.3 Å². The van der Waals surface area contributed by atoms with Gasteiger partial charge in [-0.1, -0.05) is 37.6 Å². The first-order valence-electron chi connectivity index (χ1n) is 11.0. The van der Waals surface area contributed by atoms with Crippen molar-refractivity contribution in [1.82, 2.24) is 10.6 Å². The topological polar surface area (TPSA) is 78.1 Å². The molecular formula is C25H26F3N3O2. The fourth-order valence-corrected chi connectivity index (χ4v) is 4.10. The normalized spacial score (nSPS) is 17.2. The van der Waals surface area contributed by atoms with Gasteiger partial charge in [-0.3, -0.25) is 10.1 Å². The van der Waals surface area contributed by atoms with Crippen LogP contribution in [-0.4, -0.2) is 23.7 Å². The van der Waals surface area contributed by atoms with Crippen molar-refractivity contribution >= 4 is 27.8 Å². The third-order valence-electron chi connectivity index (χ3n) is 6.03. The van der Waals surface area contributed by atoms with Crippen LogP contribution < -0.4 is 10.6 Å². The molecule has 33 heavy (non-hydrogen) atoms. The Morgan fingerprint density at radius 3 is 2.48 bits per heavy atom. The number of nitriles is 1. The summed E-state index contributed by atoms with van der Waals surface area (Å²) in [6.07, 6.45) is -3.42. The fraction of sp³-hybridized carbons (Fsp3) is 0.440. The van der Waals surface area contributed by atoms with E-state index in [1.54, 1.807) is 12.1 Å². The zero-order chi connectivity index (χ0) is 24.0. The highest BCUT2D eigenvalue weighted by Gasteiger charge is 2.47. The average Bonchev–Trinajstić information content (AvgIpc) is 3.42. The number of nitrogens with zero attached hydrogens (tertiary/aromatic N) is 1. The molecule has 8 heteroatoms. The van der Waals surface area contributed by atoms with Crippen molar-refractivity contribution in [2.75, 3.05) is 0 Å². The molecule has 1 fully saturated rings. The summed E-state index contributed by atoms with van der Waals surface area (Å²) in [6, 6.07) is 8.94. The molecule has 1 aliphatic carbocycles. The number of benzene rings is 2. The van der Waals surface area contributed by atoms with Gasteiger partial charge in [-0.25, -0.2) is 0 Å².